The van der Waals surface area contributed by atoms with Crippen molar-refractivity contribution >= 4 is 11.8 Å². The summed E-state index contributed by atoms with van der Waals surface area (Å²) >= 11 is 0. The quantitative estimate of drug-likeness (QED) is 0.775. The number of hydrogen-bond acceptors (Lipinski definition) is 2. The first-order valence-corrected chi connectivity index (χ1v) is 5.80. The average molecular weight is 232 g/mol. The number of nitrogens with zero attached hydrogens (tertiary/aromatic N) is 1. The number of amides is 2. The van der Waals surface area contributed by atoms with Crippen LogP contribution in [-0.2, 0) is 9.59 Å². The molecule has 0 bridgehead atoms. The molecule has 0 radical (unpaired) electrons. The van der Waals surface area contributed by atoms with Gasteiger partial charge < -0.3 is 10.2 Å². The van der Waals surface area contributed by atoms with Crippen LogP contribution in [-0.4, -0.2) is 29.3 Å². The molecule has 1 N–H and O–H groups in total. The van der Waals surface area contributed by atoms with E-state index in [1.165, 1.54) is 6.08 Å². The van der Waals surface area contributed by atoms with Crippen molar-refractivity contribution in [3.05, 3.63) is 36.1 Å². The van der Waals surface area contributed by atoms with Gasteiger partial charge >= 0.3 is 0 Å². The Bertz CT molecular complexity index is 435. The lowest BCUT2D eigenvalue weighted by atomic mass is 10.1. The molecule has 2 amide bonds. The highest BCUT2D eigenvalue weighted by Gasteiger charge is 2.38. The lowest BCUT2D eigenvalue weighted by molar-refractivity contribution is -0.134. The van der Waals surface area contributed by atoms with Crippen molar-refractivity contribution in [2.24, 2.45) is 0 Å². The molecule has 0 aromatic heterocycles. The Morgan fingerprint density at radius 2 is 2.24 bits per heavy atom. The van der Waals surface area contributed by atoms with Crippen LogP contribution >= 0.6 is 0 Å². The van der Waals surface area contributed by atoms with E-state index in [1.54, 1.807) is 17.1 Å². The summed E-state index contributed by atoms with van der Waals surface area (Å²) < 4.78 is 0. The first-order valence-electron chi connectivity index (χ1n) is 5.80. The predicted molar refractivity (Wildman–Crippen MR) is 64.9 cm³/mol. The lowest BCUT2D eigenvalue weighted by Crippen LogP contribution is -2.42. The molecule has 4 heteroatoms. The second-order valence-corrected chi connectivity index (χ2v) is 4.18. The topological polar surface area (TPSA) is 49.4 Å². The van der Waals surface area contributed by atoms with Gasteiger partial charge in [-0.05, 0) is 25.8 Å². The van der Waals surface area contributed by atoms with Gasteiger partial charge in [0.05, 0.1) is 11.3 Å². The smallest absolute Gasteiger partial charge is 0.256 e. The van der Waals surface area contributed by atoms with E-state index in [0.29, 0.717) is 17.8 Å². The van der Waals surface area contributed by atoms with Crippen LogP contribution < -0.4 is 5.32 Å². The van der Waals surface area contributed by atoms with Gasteiger partial charge in [0.1, 0.15) is 6.04 Å². The van der Waals surface area contributed by atoms with Gasteiger partial charge in [-0.3, -0.25) is 9.59 Å². The molecule has 4 nitrogen and oxygen atoms in total. The fraction of sp³-hybridized carbons (Fsp3) is 0.385. The Hall–Kier alpha value is -1.84. The molecule has 0 aromatic carbocycles. The van der Waals surface area contributed by atoms with Crippen molar-refractivity contribution in [3.63, 3.8) is 0 Å². The molecule has 0 spiro atoms. The van der Waals surface area contributed by atoms with Gasteiger partial charge in [-0.15, -0.1) is 0 Å². The Kier molecular flexibility index (Phi) is 3.13. The predicted octanol–water partition coefficient (Wildman–Crippen LogP) is 1.12. The van der Waals surface area contributed by atoms with E-state index in [4.69, 9.17) is 0 Å². The molecular weight excluding hydrogens is 216 g/mol. The third kappa shape index (κ3) is 1.90. The monoisotopic (exact) mass is 232 g/mol. The normalized spacial score (nSPS) is 25.0. The zero-order valence-corrected chi connectivity index (χ0v) is 9.90. The summed E-state index contributed by atoms with van der Waals surface area (Å²) in [5.74, 6) is -0.191. The number of nitrogens with one attached hydrogen (secondary N) is 1. The average Bonchev–Trinajstić information content (AvgIpc) is 2.78. The number of allylic oxidation sites excluding steroid dienone is 2. The standard InChI is InChI=1S/C13H16N2O2/c1-3-6-9-10(4-2)14-12(16)11-7-5-8-15(11)13(9)17/h3-4,6,11H,2,5,7-8H2,1H3,(H,14,16)/b6-3-. The van der Waals surface area contributed by atoms with Crippen LogP contribution in [0.25, 0.3) is 0 Å². The Balaban J connectivity index is 2.47. The zero-order chi connectivity index (χ0) is 12.4. The minimum Gasteiger partial charge on any atom is -0.327 e. The minimum atomic E-state index is -0.319. The molecular formula is C13H16N2O2. The van der Waals surface area contributed by atoms with Crippen molar-refractivity contribution < 1.29 is 9.59 Å². The molecule has 1 saturated heterocycles. The van der Waals surface area contributed by atoms with Crippen LogP contribution in [0.15, 0.2) is 36.1 Å². The number of hydrogen-bond donors (Lipinski definition) is 1. The Labute approximate surface area is 101 Å². The molecule has 17 heavy (non-hydrogen) atoms. The highest BCUT2D eigenvalue weighted by atomic mass is 16.2. The summed E-state index contributed by atoms with van der Waals surface area (Å²) in [5, 5.41) is 2.77. The van der Waals surface area contributed by atoms with Gasteiger partial charge in [-0.2, -0.15) is 0 Å². The number of carbonyl (C=O) groups excluding carboxylic acids is 2. The van der Waals surface area contributed by atoms with Gasteiger partial charge in [0.25, 0.3) is 5.91 Å². The number of fused-ring (bicyclic) bond motifs is 1. The fourth-order valence-electron chi connectivity index (χ4n) is 2.32. The van der Waals surface area contributed by atoms with Gasteiger partial charge in [-0.1, -0.05) is 18.7 Å². The Morgan fingerprint density at radius 3 is 2.88 bits per heavy atom. The third-order valence-electron chi connectivity index (χ3n) is 3.13. The zero-order valence-electron chi connectivity index (χ0n) is 9.90. The van der Waals surface area contributed by atoms with Crippen molar-refractivity contribution in [2.75, 3.05) is 6.54 Å². The second kappa shape index (κ2) is 4.57. The summed E-state index contributed by atoms with van der Waals surface area (Å²) in [6, 6.07) is -0.319. The van der Waals surface area contributed by atoms with Crippen molar-refractivity contribution in [1.29, 1.82) is 0 Å². The molecule has 2 aliphatic heterocycles. The number of rotatable bonds is 2. The maximum Gasteiger partial charge on any atom is 0.256 e. The Morgan fingerprint density at radius 1 is 1.47 bits per heavy atom. The highest BCUT2D eigenvalue weighted by molar-refractivity contribution is 6.03. The van der Waals surface area contributed by atoms with Crippen LogP contribution in [0.1, 0.15) is 19.8 Å². The van der Waals surface area contributed by atoms with E-state index in [0.717, 1.165) is 12.8 Å². The molecule has 2 rings (SSSR count). The first kappa shape index (κ1) is 11.6. The maximum absolute atomic E-state index is 12.3. The van der Waals surface area contributed by atoms with E-state index in [1.807, 2.05) is 6.92 Å². The second-order valence-electron chi connectivity index (χ2n) is 4.18. The fourth-order valence-corrected chi connectivity index (χ4v) is 2.32. The van der Waals surface area contributed by atoms with Crippen molar-refractivity contribution in [3.8, 4) is 0 Å². The first-order chi connectivity index (χ1) is 8.19. The van der Waals surface area contributed by atoms with Crippen molar-refractivity contribution in [2.45, 2.75) is 25.8 Å². The minimum absolute atomic E-state index is 0.0844. The maximum atomic E-state index is 12.3. The highest BCUT2D eigenvalue weighted by Crippen LogP contribution is 2.24. The van der Waals surface area contributed by atoms with Crippen LogP contribution in [0.4, 0.5) is 0 Å². The van der Waals surface area contributed by atoms with Gasteiger partial charge in [0.2, 0.25) is 5.91 Å². The molecule has 2 aliphatic rings. The molecule has 0 aliphatic carbocycles. The third-order valence-corrected chi connectivity index (χ3v) is 3.13. The van der Waals surface area contributed by atoms with Crippen LogP contribution in [0.2, 0.25) is 0 Å². The van der Waals surface area contributed by atoms with Gasteiger partial charge in [0.15, 0.2) is 0 Å². The van der Waals surface area contributed by atoms with Gasteiger partial charge in [0, 0.05) is 6.54 Å². The van der Waals surface area contributed by atoms with Crippen LogP contribution in [0, 0.1) is 0 Å². The van der Waals surface area contributed by atoms with E-state index in [9.17, 15) is 9.59 Å². The molecule has 0 aromatic rings. The SMILES string of the molecule is C=CC1=C(/C=C\C)C(=O)N2CCCC2C(=O)N1. The van der Waals surface area contributed by atoms with E-state index in [-0.39, 0.29) is 17.9 Å². The summed E-state index contributed by atoms with van der Waals surface area (Å²) in [5.41, 5.74) is 1.02. The molecule has 1 atom stereocenters. The van der Waals surface area contributed by atoms with Crippen LogP contribution in [0.3, 0.4) is 0 Å². The van der Waals surface area contributed by atoms with Crippen molar-refractivity contribution in [1.82, 2.24) is 10.2 Å². The summed E-state index contributed by atoms with van der Waals surface area (Å²) in [6.07, 6.45) is 6.66. The van der Waals surface area contributed by atoms with Crippen LogP contribution in [0.5, 0.6) is 0 Å². The van der Waals surface area contributed by atoms with E-state index >= 15 is 0 Å². The van der Waals surface area contributed by atoms with Gasteiger partial charge in [-0.25, -0.2) is 0 Å². The molecule has 2 heterocycles. The summed E-state index contributed by atoms with van der Waals surface area (Å²) in [6.45, 7) is 6.14. The largest absolute Gasteiger partial charge is 0.327 e. The molecule has 90 valence electrons. The summed E-state index contributed by atoms with van der Waals surface area (Å²) in [4.78, 5) is 25.9. The number of carbonyl (C=O) groups is 2. The lowest BCUT2D eigenvalue weighted by Gasteiger charge is -2.20. The van der Waals surface area contributed by atoms with E-state index < -0.39 is 0 Å². The molecule has 1 fully saturated rings. The summed E-state index contributed by atoms with van der Waals surface area (Å²) in [7, 11) is 0. The molecule has 0 saturated carbocycles. The molecule has 1 unspecified atom stereocenters. The van der Waals surface area contributed by atoms with E-state index in [2.05, 4.69) is 11.9 Å².